The predicted molar refractivity (Wildman–Crippen MR) is 124 cm³/mol. The van der Waals surface area contributed by atoms with Crippen molar-refractivity contribution in [2.24, 2.45) is 0 Å². The minimum Gasteiger partial charge on any atom is -0.261 e. The molecule has 0 bridgehead atoms. The number of nitrogens with zero attached hydrogens (tertiary/aromatic N) is 2. The molecule has 4 aromatic carbocycles. The standard InChI is InChI=1S/C21H16BrN2.C5H5.Fe/c22-19-12-10-18(11-13-19)21-14-20(17-8-4-5-9-17)23-24(21)15-16-6-2-1-3-7-16;1-2-4-5-3-1;/h1-14H,15H2;1-5H;/q2*-1;+2. The summed E-state index contributed by atoms with van der Waals surface area (Å²) in [6.07, 6.45) is 0. The van der Waals surface area contributed by atoms with Crippen molar-refractivity contribution >= 4 is 15.9 Å². The summed E-state index contributed by atoms with van der Waals surface area (Å²) in [6, 6.07) is 39.3. The number of rotatable bonds is 4. The van der Waals surface area contributed by atoms with Crippen molar-refractivity contribution in [3.05, 3.63) is 125 Å². The van der Waals surface area contributed by atoms with E-state index in [1.54, 1.807) is 0 Å². The van der Waals surface area contributed by atoms with Gasteiger partial charge in [0.1, 0.15) is 0 Å². The molecule has 0 amide bonds. The monoisotopic (exact) mass is 496 g/mol. The van der Waals surface area contributed by atoms with Crippen molar-refractivity contribution in [3.8, 4) is 22.5 Å². The average molecular weight is 497 g/mol. The Morgan fingerprint density at radius 1 is 0.767 bits per heavy atom. The molecule has 0 radical (unpaired) electrons. The molecular weight excluding hydrogens is 476 g/mol. The van der Waals surface area contributed by atoms with E-state index in [0.717, 1.165) is 28.0 Å². The molecule has 5 aromatic rings. The summed E-state index contributed by atoms with van der Waals surface area (Å²) >= 11 is 3.50. The van der Waals surface area contributed by atoms with E-state index >= 15 is 0 Å². The van der Waals surface area contributed by atoms with E-state index in [0.29, 0.717) is 0 Å². The second-order valence-corrected chi connectivity index (χ2v) is 7.62. The summed E-state index contributed by atoms with van der Waals surface area (Å²) in [5.74, 6) is 0. The molecule has 0 saturated heterocycles. The van der Waals surface area contributed by atoms with E-state index in [1.807, 2.05) is 48.5 Å². The van der Waals surface area contributed by atoms with Crippen molar-refractivity contribution in [3.63, 3.8) is 0 Å². The van der Waals surface area contributed by atoms with Crippen LogP contribution in [0.25, 0.3) is 22.5 Å². The number of benzene rings is 2. The molecule has 0 saturated carbocycles. The van der Waals surface area contributed by atoms with Crippen LogP contribution < -0.4 is 0 Å². The molecule has 0 N–H and O–H groups in total. The van der Waals surface area contributed by atoms with Crippen LogP contribution in [0.4, 0.5) is 0 Å². The Balaban J connectivity index is 0.000000376. The van der Waals surface area contributed by atoms with Crippen LogP contribution >= 0.6 is 15.9 Å². The number of halogens is 1. The molecule has 0 aliphatic heterocycles. The van der Waals surface area contributed by atoms with Crippen LogP contribution in [0.5, 0.6) is 0 Å². The van der Waals surface area contributed by atoms with Crippen molar-refractivity contribution in [2.75, 3.05) is 0 Å². The molecule has 2 nitrogen and oxygen atoms in total. The largest absolute Gasteiger partial charge is 2.00 e. The molecule has 0 unspecified atom stereocenters. The molecule has 1 aromatic heterocycles. The molecule has 0 aliphatic carbocycles. The fraction of sp³-hybridized carbons (Fsp3) is 0.0385. The summed E-state index contributed by atoms with van der Waals surface area (Å²) < 4.78 is 3.16. The Bertz CT molecular complexity index is 1090. The topological polar surface area (TPSA) is 17.8 Å². The van der Waals surface area contributed by atoms with Crippen LogP contribution in [0.3, 0.4) is 0 Å². The maximum atomic E-state index is 4.85. The van der Waals surface area contributed by atoms with E-state index in [2.05, 4.69) is 87.3 Å². The maximum absolute atomic E-state index is 4.85. The summed E-state index contributed by atoms with van der Waals surface area (Å²) in [7, 11) is 0. The summed E-state index contributed by atoms with van der Waals surface area (Å²) in [4.78, 5) is 0. The summed E-state index contributed by atoms with van der Waals surface area (Å²) in [5, 5.41) is 4.85. The van der Waals surface area contributed by atoms with Crippen molar-refractivity contribution < 1.29 is 17.1 Å². The second kappa shape index (κ2) is 10.9. The first-order valence-corrected chi connectivity index (χ1v) is 10.4. The van der Waals surface area contributed by atoms with E-state index in [1.165, 1.54) is 11.1 Å². The second-order valence-electron chi connectivity index (χ2n) is 6.70. The molecule has 1 heterocycles. The van der Waals surface area contributed by atoms with Gasteiger partial charge in [0, 0.05) is 10.2 Å². The van der Waals surface area contributed by atoms with E-state index in [-0.39, 0.29) is 17.1 Å². The van der Waals surface area contributed by atoms with Crippen LogP contribution in [0.2, 0.25) is 0 Å². The first-order valence-electron chi connectivity index (χ1n) is 9.56. The molecule has 30 heavy (non-hydrogen) atoms. The molecule has 0 aliphatic rings. The number of hydrogen-bond donors (Lipinski definition) is 0. The maximum Gasteiger partial charge on any atom is 2.00 e. The van der Waals surface area contributed by atoms with Gasteiger partial charge in [-0.2, -0.15) is 47.1 Å². The quantitative estimate of drug-likeness (QED) is 0.191. The molecule has 0 spiro atoms. The van der Waals surface area contributed by atoms with Crippen molar-refractivity contribution in [2.45, 2.75) is 6.54 Å². The third kappa shape index (κ3) is 5.70. The van der Waals surface area contributed by atoms with Gasteiger partial charge in [-0.3, -0.25) is 4.68 Å². The predicted octanol–water partition coefficient (Wildman–Crippen LogP) is 7.15. The van der Waals surface area contributed by atoms with Gasteiger partial charge in [-0.25, -0.2) is 18.2 Å². The van der Waals surface area contributed by atoms with Crippen molar-refractivity contribution in [1.82, 2.24) is 9.78 Å². The van der Waals surface area contributed by atoms with Gasteiger partial charge in [0.25, 0.3) is 0 Å². The van der Waals surface area contributed by atoms with Gasteiger partial charge < -0.3 is 0 Å². The Morgan fingerprint density at radius 2 is 1.50 bits per heavy atom. The minimum absolute atomic E-state index is 0. The summed E-state index contributed by atoms with van der Waals surface area (Å²) in [6.45, 7) is 0.757. The van der Waals surface area contributed by atoms with Crippen LogP contribution in [0.15, 0.2) is 120 Å². The van der Waals surface area contributed by atoms with Gasteiger partial charge in [-0.15, -0.1) is 0 Å². The van der Waals surface area contributed by atoms with Gasteiger partial charge in [0.05, 0.1) is 12.2 Å². The van der Waals surface area contributed by atoms with Crippen LogP contribution in [-0.4, -0.2) is 9.78 Å². The zero-order valence-corrected chi connectivity index (χ0v) is 19.0. The zero-order chi connectivity index (χ0) is 19.9. The molecule has 0 atom stereocenters. The Morgan fingerprint density at radius 3 is 2.10 bits per heavy atom. The molecule has 5 rings (SSSR count). The zero-order valence-electron chi connectivity index (χ0n) is 16.3. The third-order valence-electron chi connectivity index (χ3n) is 4.61. The van der Waals surface area contributed by atoms with Crippen LogP contribution in [0, 0.1) is 0 Å². The fourth-order valence-corrected chi connectivity index (χ4v) is 3.42. The molecular formula is C26H21BrFeN2. The molecule has 150 valence electrons. The Labute approximate surface area is 196 Å². The third-order valence-corrected chi connectivity index (χ3v) is 5.14. The SMILES string of the molecule is Brc1ccc(-c2cc(-c3cc[cH-]c3)nn2Cc2ccccc2)cc1.[Fe+2].c1cc[cH-]c1. The van der Waals surface area contributed by atoms with E-state index in [9.17, 15) is 0 Å². The van der Waals surface area contributed by atoms with Crippen molar-refractivity contribution in [1.29, 1.82) is 0 Å². The van der Waals surface area contributed by atoms with Gasteiger partial charge in [-0.1, -0.05) is 58.4 Å². The first kappa shape index (κ1) is 22.0. The van der Waals surface area contributed by atoms with E-state index in [4.69, 9.17) is 5.10 Å². The summed E-state index contributed by atoms with van der Waals surface area (Å²) in [5.41, 5.74) is 5.70. The number of hydrogen-bond acceptors (Lipinski definition) is 1. The number of aromatic nitrogens is 2. The fourth-order valence-electron chi connectivity index (χ4n) is 3.15. The van der Waals surface area contributed by atoms with Gasteiger partial charge in [0.15, 0.2) is 0 Å². The van der Waals surface area contributed by atoms with Crippen LogP contribution in [-0.2, 0) is 23.6 Å². The van der Waals surface area contributed by atoms with E-state index < -0.39 is 0 Å². The Kier molecular flexibility index (Phi) is 8.04. The first-order chi connectivity index (χ1) is 14.3. The van der Waals surface area contributed by atoms with Gasteiger partial charge >= 0.3 is 17.1 Å². The average Bonchev–Trinajstić information content (AvgIpc) is 3.52. The molecule has 4 heteroatoms. The van der Waals surface area contributed by atoms with Gasteiger partial charge in [0.2, 0.25) is 0 Å². The normalized spacial score (nSPS) is 10.0. The smallest absolute Gasteiger partial charge is 0.261 e. The minimum atomic E-state index is 0. The van der Waals surface area contributed by atoms with Gasteiger partial charge in [-0.05, 0) is 29.3 Å². The molecule has 0 fully saturated rings. The Hall–Kier alpha value is -2.65. The van der Waals surface area contributed by atoms with Crippen LogP contribution in [0.1, 0.15) is 5.56 Å².